The first-order valence-electron chi connectivity index (χ1n) is 10.5. The van der Waals surface area contributed by atoms with Crippen LogP contribution in [0.1, 0.15) is 37.8 Å². The summed E-state index contributed by atoms with van der Waals surface area (Å²) in [4.78, 5) is 24.3. The fraction of sp³-hybridized carbons (Fsp3) is 0.320. The number of unbranched alkanes of at least 4 members (excludes halogenated alkanes) is 1. The third-order valence-corrected chi connectivity index (χ3v) is 4.59. The second-order valence-electron chi connectivity index (χ2n) is 6.95. The van der Waals surface area contributed by atoms with Gasteiger partial charge in [0, 0.05) is 6.54 Å². The van der Waals surface area contributed by atoms with Crippen molar-refractivity contribution in [1.82, 2.24) is 5.32 Å². The lowest BCUT2D eigenvalue weighted by atomic mass is 10.1. The molecule has 0 fully saturated rings. The van der Waals surface area contributed by atoms with Crippen molar-refractivity contribution in [2.75, 3.05) is 20.3 Å². The van der Waals surface area contributed by atoms with E-state index in [1.165, 1.54) is 18.7 Å². The van der Waals surface area contributed by atoms with E-state index < -0.39 is 11.9 Å². The molecule has 0 aliphatic heterocycles. The van der Waals surface area contributed by atoms with Gasteiger partial charge in [-0.05, 0) is 54.3 Å². The number of rotatable bonds is 11. The Balaban J connectivity index is 2.03. The molecule has 0 unspecified atom stereocenters. The van der Waals surface area contributed by atoms with Gasteiger partial charge in [0.15, 0.2) is 18.1 Å². The number of nitrogens with one attached hydrogen (secondary N) is 1. The van der Waals surface area contributed by atoms with Crippen LogP contribution in [0.15, 0.2) is 48.0 Å². The molecule has 0 radical (unpaired) electrons. The van der Waals surface area contributed by atoms with Gasteiger partial charge in [-0.25, -0.2) is 4.79 Å². The van der Waals surface area contributed by atoms with Crippen molar-refractivity contribution >= 4 is 18.0 Å². The number of benzene rings is 2. The number of carbonyl (C=O) groups excluding carboxylic acids is 2. The minimum Gasteiger partial charge on any atom is -0.493 e. The standard InChI is InChI=1S/C25H28N2O5/c1-4-6-13-27-25(29)20(16-26)14-19-9-12-22(23(15-19)30-3)32-24(28)17-31-21-10-7-18(5-2)8-11-21/h7-12,14-15H,4-6,13,17H2,1-3H3,(H,27,29)/b20-14+. The SMILES string of the molecule is CCCCNC(=O)/C(C#N)=C/c1ccc(OC(=O)COc2ccc(CC)cc2)c(OC)c1. The van der Waals surface area contributed by atoms with Crippen LogP contribution in [0.2, 0.25) is 0 Å². The second-order valence-corrected chi connectivity index (χ2v) is 6.95. The zero-order valence-corrected chi connectivity index (χ0v) is 18.6. The Hall–Kier alpha value is -3.79. The van der Waals surface area contributed by atoms with E-state index in [1.54, 1.807) is 30.3 Å². The number of nitriles is 1. The van der Waals surface area contributed by atoms with E-state index in [0.717, 1.165) is 19.3 Å². The molecule has 1 amide bonds. The van der Waals surface area contributed by atoms with Gasteiger partial charge < -0.3 is 19.5 Å². The number of carbonyl (C=O) groups is 2. The summed E-state index contributed by atoms with van der Waals surface area (Å²) in [6, 6.07) is 14.2. The number of hydrogen-bond acceptors (Lipinski definition) is 6. The summed E-state index contributed by atoms with van der Waals surface area (Å²) in [5, 5.41) is 12.0. The fourth-order valence-electron chi connectivity index (χ4n) is 2.76. The molecule has 168 valence electrons. The molecule has 0 aliphatic carbocycles. The van der Waals surface area contributed by atoms with Gasteiger partial charge in [-0.1, -0.05) is 38.5 Å². The Kier molecular flexibility index (Phi) is 9.79. The molecule has 2 aromatic carbocycles. The van der Waals surface area contributed by atoms with Crippen molar-refractivity contribution in [3.05, 3.63) is 59.2 Å². The summed E-state index contributed by atoms with van der Waals surface area (Å²) >= 11 is 0. The normalized spacial score (nSPS) is 10.8. The summed E-state index contributed by atoms with van der Waals surface area (Å²) in [5.41, 5.74) is 1.73. The van der Waals surface area contributed by atoms with Crippen molar-refractivity contribution in [1.29, 1.82) is 5.26 Å². The van der Waals surface area contributed by atoms with E-state index in [1.807, 2.05) is 25.1 Å². The predicted octanol–water partition coefficient (Wildman–Crippen LogP) is 4.07. The van der Waals surface area contributed by atoms with Gasteiger partial charge in [0.2, 0.25) is 0 Å². The molecule has 2 aromatic rings. The minimum atomic E-state index is -0.584. The summed E-state index contributed by atoms with van der Waals surface area (Å²) < 4.78 is 16.1. The van der Waals surface area contributed by atoms with Gasteiger partial charge in [-0.2, -0.15) is 5.26 Å². The number of hydrogen-bond donors (Lipinski definition) is 1. The molecule has 0 aromatic heterocycles. The molecular weight excluding hydrogens is 408 g/mol. The van der Waals surface area contributed by atoms with Gasteiger partial charge in [0.05, 0.1) is 7.11 Å². The average Bonchev–Trinajstić information content (AvgIpc) is 2.82. The first-order chi connectivity index (χ1) is 15.5. The highest BCUT2D eigenvalue weighted by atomic mass is 16.6. The molecule has 32 heavy (non-hydrogen) atoms. The van der Waals surface area contributed by atoms with Crippen LogP contribution in [0.4, 0.5) is 0 Å². The molecule has 0 atom stereocenters. The van der Waals surface area contributed by atoms with Gasteiger partial charge in [-0.15, -0.1) is 0 Å². The molecule has 0 saturated heterocycles. The van der Waals surface area contributed by atoms with Crippen molar-refractivity contribution in [3.8, 4) is 23.3 Å². The quantitative estimate of drug-likeness (QED) is 0.188. The number of aryl methyl sites for hydroxylation is 1. The van der Waals surface area contributed by atoms with Crippen LogP contribution in [0.3, 0.4) is 0 Å². The van der Waals surface area contributed by atoms with Crippen molar-refractivity contribution in [2.24, 2.45) is 0 Å². The van der Waals surface area contributed by atoms with Crippen LogP contribution in [-0.2, 0) is 16.0 Å². The lowest BCUT2D eigenvalue weighted by Gasteiger charge is -2.11. The first-order valence-corrected chi connectivity index (χ1v) is 10.5. The molecule has 0 aliphatic rings. The molecule has 0 heterocycles. The largest absolute Gasteiger partial charge is 0.493 e. The molecular formula is C25H28N2O5. The Morgan fingerprint density at radius 1 is 1.09 bits per heavy atom. The Morgan fingerprint density at radius 3 is 2.47 bits per heavy atom. The van der Waals surface area contributed by atoms with E-state index >= 15 is 0 Å². The lowest BCUT2D eigenvalue weighted by Crippen LogP contribution is -2.25. The van der Waals surface area contributed by atoms with Gasteiger partial charge in [0.25, 0.3) is 5.91 Å². The number of ether oxygens (including phenoxy) is 3. The van der Waals surface area contributed by atoms with E-state index in [9.17, 15) is 14.9 Å². The van der Waals surface area contributed by atoms with Crippen molar-refractivity contribution < 1.29 is 23.8 Å². The number of esters is 1. The predicted molar refractivity (Wildman–Crippen MR) is 121 cm³/mol. The topological polar surface area (TPSA) is 97.7 Å². The van der Waals surface area contributed by atoms with Crippen molar-refractivity contribution in [3.63, 3.8) is 0 Å². The third-order valence-electron chi connectivity index (χ3n) is 4.59. The number of amides is 1. The van der Waals surface area contributed by atoms with Crippen LogP contribution >= 0.6 is 0 Å². The van der Waals surface area contributed by atoms with Gasteiger partial charge >= 0.3 is 5.97 Å². The van der Waals surface area contributed by atoms with Crippen LogP contribution in [-0.4, -0.2) is 32.1 Å². The first kappa shape index (κ1) is 24.5. The molecule has 1 N–H and O–H groups in total. The monoisotopic (exact) mass is 436 g/mol. The van der Waals surface area contributed by atoms with Crippen LogP contribution in [0.25, 0.3) is 6.08 Å². The maximum atomic E-state index is 12.2. The Labute approximate surface area is 188 Å². The summed E-state index contributed by atoms with van der Waals surface area (Å²) in [6.07, 6.45) is 4.16. The van der Waals surface area contributed by atoms with E-state index in [4.69, 9.17) is 14.2 Å². The number of methoxy groups -OCH3 is 1. The molecule has 0 spiro atoms. The zero-order chi connectivity index (χ0) is 23.3. The Morgan fingerprint density at radius 2 is 1.84 bits per heavy atom. The number of nitrogens with zero attached hydrogens (tertiary/aromatic N) is 1. The van der Waals surface area contributed by atoms with Crippen LogP contribution in [0.5, 0.6) is 17.2 Å². The zero-order valence-electron chi connectivity index (χ0n) is 18.6. The maximum Gasteiger partial charge on any atom is 0.349 e. The van der Waals surface area contributed by atoms with E-state index in [2.05, 4.69) is 12.2 Å². The van der Waals surface area contributed by atoms with Gasteiger partial charge in [0.1, 0.15) is 17.4 Å². The van der Waals surface area contributed by atoms with Crippen molar-refractivity contribution in [2.45, 2.75) is 33.1 Å². The molecule has 7 heteroatoms. The van der Waals surface area contributed by atoms with Crippen LogP contribution in [0, 0.1) is 11.3 Å². The van der Waals surface area contributed by atoms with Crippen LogP contribution < -0.4 is 19.5 Å². The summed E-state index contributed by atoms with van der Waals surface area (Å²) in [5.74, 6) is 0.0696. The highest BCUT2D eigenvalue weighted by molar-refractivity contribution is 6.01. The molecule has 7 nitrogen and oxygen atoms in total. The fourth-order valence-corrected chi connectivity index (χ4v) is 2.76. The maximum absolute atomic E-state index is 12.2. The Bertz CT molecular complexity index is 990. The van der Waals surface area contributed by atoms with Gasteiger partial charge in [-0.3, -0.25) is 4.79 Å². The van der Waals surface area contributed by atoms with E-state index in [0.29, 0.717) is 23.6 Å². The smallest absolute Gasteiger partial charge is 0.349 e. The average molecular weight is 437 g/mol. The highest BCUT2D eigenvalue weighted by Gasteiger charge is 2.13. The van der Waals surface area contributed by atoms with E-state index in [-0.39, 0.29) is 17.9 Å². The molecule has 0 bridgehead atoms. The minimum absolute atomic E-state index is 0.0182. The lowest BCUT2D eigenvalue weighted by molar-refractivity contribution is -0.136. The molecule has 2 rings (SSSR count). The summed E-state index contributed by atoms with van der Waals surface area (Å²) in [6.45, 7) is 4.33. The summed E-state index contributed by atoms with van der Waals surface area (Å²) in [7, 11) is 1.44. The molecule has 0 saturated carbocycles. The highest BCUT2D eigenvalue weighted by Crippen LogP contribution is 2.29. The third kappa shape index (κ3) is 7.47. The second kappa shape index (κ2) is 12.8.